The van der Waals surface area contributed by atoms with Gasteiger partial charge in [0.05, 0.1) is 16.8 Å². The summed E-state index contributed by atoms with van der Waals surface area (Å²) in [5, 5.41) is 4.99. The minimum atomic E-state index is -0.0818. The van der Waals surface area contributed by atoms with Gasteiger partial charge in [0.15, 0.2) is 4.77 Å². The van der Waals surface area contributed by atoms with E-state index in [1.165, 1.54) is 4.57 Å². The van der Waals surface area contributed by atoms with Crippen LogP contribution in [0.1, 0.15) is 16.1 Å². The Morgan fingerprint density at radius 3 is 2.65 bits per heavy atom. The van der Waals surface area contributed by atoms with Gasteiger partial charge >= 0.3 is 0 Å². The summed E-state index contributed by atoms with van der Waals surface area (Å²) in [5.74, 6) is 0. The van der Waals surface area contributed by atoms with Gasteiger partial charge in [-0.2, -0.15) is 5.10 Å². The molecule has 0 aliphatic heterocycles. The summed E-state index contributed by atoms with van der Waals surface area (Å²) in [7, 11) is 1.83. The number of aryl methyl sites for hydroxylation is 4. The van der Waals surface area contributed by atoms with Gasteiger partial charge in [0, 0.05) is 18.1 Å². The van der Waals surface area contributed by atoms with E-state index in [4.69, 9.17) is 12.2 Å². The third kappa shape index (κ3) is 1.77. The van der Waals surface area contributed by atoms with Crippen molar-refractivity contribution in [2.24, 2.45) is 7.05 Å². The lowest BCUT2D eigenvalue weighted by molar-refractivity contribution is 0.756. The Kier molecular flexibility index (Phi) is 2.91. The first-order valence-corrected chi connectivity index (χ1v) is 7.38. The maximum atomic E-state index is 12.8. The summed E-state index contributed by atoms with van der Waals surface area (Å²) in [5.41, 5.74) is 2.43. The molecule has 3 aromatic rings. The van der Waals surface area contributed by atoms with Gasteiger partial charge in [0.25, 0.3) is 5.56 Å². The molecule has 0 amide bonds. The summed E-state index contributed by atoms with van der Waals surface area (Å²) < 4.78 is 3.61. The van der Waals surface area contributed by atoms with Gasteiger partial charge in [-0.3, -0.25) is 9.48 Å². The Labute approximate surface area is 124 Å². The number of hydrogen-bond acceptors (Lipinski definition) is 4. The maximum Gasteiger partial charge on any atom is 0.268 e. The van der Waals surface area contributed by atoms with Crippen molar-refractivity contribution in [3.63, 3.8) is 0 Å². The Morgan fingerprint density at radius 2 is 2.05 bits per heavy atom. The summed E-state index contributed by atoms with van der Waals surface area (Å²) >= 11 is 6.91. The van der Waals surface area contributed by atoms with Crippen molar-refractivity contribution in [1.82, 2.24) is 19.3 Å². The molecule has 0 unspecified atom stereocenters. The molecule has 0 radical (unpaired) electrons. The molecule has 0 spiro atoms. The van der Waals surface area contributed by atoms with Crippen LogP contribution in [0.4, 0.5) is 0 Å². The maximum absolute atomic E-state index is 12.8. The molecule has 0 saturated carbocycles. The second kappa shape index (κ2) is 4.39. The molecule has 3 heterocycles. The molecule has 0 saturated heterocycles. The van der Waals surface area contributed by atoms with Gasteiger partial charge in [0.1, 0.15) is 4.83 Å². The zero-order valence-corrected chi connectivity index (χ0v) is 13.3. The Bertz CT molecular complexity index is 942. The number of H-pyrrole nitrogens is 1. The van der Waals surface area contributed by atoms with Crippen molar-refractivity contribution in [2.45, 2.75) is 20.8 Å². The van der Waals surface area contributed by atoms with Gasteiger partial charge in [-0.05, 0) is 38.6 Å². The first kappa shape index (κ1) is 13.3. The van der Waals surface area contributed by atoms with Gasteiger partial charge in [0.2, 0.25) is 0 Å². The smallest absolute Gasteiger partial charge is 0.268 e. The molecule has 0 fully saturated rings. The van der Waals surface area contributed by atoms with Crippen LogP contribution in [0.3, 0.4) is 0 Å². The van der Waals surface area contributed by atoms with E-state index in [2.05, 4.69) is 10.1 Å². The Balaban J connectivity index is 2.49. The standard InChI is InChI=1S/C13H14N4OS2/c1-6-8(3)20-11-10(6)12(18)17(13(19)14-11)9-5-16(4)15-7(9)2/h5H,1-4H3,(H,14,19). The average molecular weight is 306 g/mol. The number of thiophene rings is 1. The monoisotopic (exact) mass is 306 g/mol. The van der Waals surface area contributed by atoms with Crippen molar-refractivity contribution in [1.29, 1.82) is 0 Å². The molecule has 1 N–H and O–H groups in total. The fourth-order valence-corrected chi connectivity index (χ4v) is 3.75. The first-order valence-electron chi connectivity index (χ1n) is 6.16. The second-order valence-corrected chi connectivity index (χ2v) is 6.44. The van der Waals surface area contributed by atoms with Crippen LogP contribution < -0.4 is 5.56 Å². The predicted molar refractivity (Wildman–Crippen MR) is 83.6 cm³/mol. The molecule has 0 atom stereocenters. The van der Waals surface area contributed by atoms with Crippen molar-refractivity contribution < 1.29 is 0 Å². The quantitative estimate of drug-likeness (QED) is 0.703. The number of aromatic amines is 1. The molecule has 5 nitrogen and oxygen atoms in total. The molecule has 0 bridgehead atoms. The van der Waals surface area contributed by atoms with Crippen LogP contribution in [0.5, 0.6) is 0 Å². The highest BCUT2D eigenvalue weighted by molar-refractivity contribution is 7.71. The fraction of sp³-hybridized carbons (Fsp3) is 0.308. The number of rotatable bonds is 1. The number of nitrogens with one attached hydrogen (secondary N) is 1. The number of aromatic nitrogens is 4. The second-order valence-electron chi connectivity index (χ2n) is 4.83. The summed E-state index contributed by atoms with van der Waals surface area (Å²) in [6.45, 7) is 5.84. The third-order valence-electron chi connectivity index (χ3n) is 3.45. The summed E-state index contributed by atoms with van der Waals surface area (Å²) in [4.78, 5) is 17.9. The minimum absolute atomic E-state index is 0.0818. The van der Waals surface area contributed by atoms with Crippen LogP contribution in [0.25, 0.3) is 15.9 Å². The van der Waals surface area contributed by atoms with Crippen LogP contribution in [0.15, 0.2) is 11.0 Å². The van der Waals surface area contributed by atoms with Crippen molar-refractivity contribution in [2.75, 3.05) is 0 Å². The van der Waals surface area contributed by atoms with Crippen LogP contribution in [0, 0.1) is 25.5 Å². The first-order chi connectivity index (χ1) is 9.40. The molecule has 0 aliphatic rings. The van der Waals surface area contributed by atoms with E-state index < -0.39 is 0 Å². The van der Waals surface area contributed by atoms with Crippen molar-refractivity contribution in [3.05, 3.63) is 37.5 Å². The number of nitrogens with zero attached hydrogens (tertiary/aromatic N) is 3. The molecule has 7 heteroatoms. The average Bonchev–Trinajstić information content (AvgIpc) is 2.80. The normalized spacial score (nSPS) is 11.4. The fourth-order valence-electron chi connectivity index (χ4n) is 2.36. The van der Waals surface area contributed by atoms with E-state index in [1.54, 1.807) is 22.2 Å². The molecular formula is C13H14N4OS2. The van der Waals surface area contributed by atoms with Gasteiger partial charge in [-0.1, -0.05) is 0 Å². The van der Waals surface area contributed by atoms with E-state index in [0.717, 1.165) is 26.7 Å². The topological polar surface area (TPSA) is 55.6 Å². The van der Waals surface area contributed by atoms with Crippen LogP contribution >= 0.6 is 23.6 Å². The highest BCUT2D eigenvalue weighted by Gasteiger charge is 2.16. The molecule has 0 aromatic carbocycles. The third-order valence-corrected chi connectivity index (χ3v) is 4.86. The number of fused-ring (bicyclic) bond motifs is 1. The molecule has 20 heavy (non-hydrogen) atoms. The van der Waals surface area contributed by atoms with E-state index in [9.17, 15) is 4.79 Å². The molecule has 104 valence electrons. The van der Waals surface area contributed by atoms with Gasteiger partial charge in [-0.15, -0.1) is 11.3 Å². The summed E-state index contributed by atoms with van der Waals surface area (Å²) in [6.07, 6.45) is 1.81. The van der Waals surface area contributed by atoms with E-state index in [-0.39, 0.29) is 5.56 Å². The highest BCUT2D eigenvalue weighted by atomic mass is 32.1. The van der Waals surface area contributed by atoms with Crippen LogP contribution in [-0.4, -0.2) is 19.3 Å². The van der Waals surface area contributed by atoms with Crippen LogP contribution in [0.2, 0.25) is 0 Å². The van der Waals surface area contributed by atoms with Crippen LogP contribution in [-0.2, 0) is 7.05 Å². The largest absolute Gasteiger partial charge is 0.323 e. The van der Waals surface area contributed by atoms with Gasteiger partial charge < -0.3 is 4.98 Å². The molecular weight excluding hydrogens is 292 g/mol. The lowest BCUT2D eigenvalue weighted by Gasteiger charge is -2.04. The SMILES string of the molecule is Cc1nn(C)cc1-n1c(=S)[nH]c2sc(C)c(C)c2c1=O. The summed E-state index contributed by atoms with van der Waals surface area (Å²) in [6, 6.07) is 0. The van der Waals surface area contributed by atoms with E-state index >= 15 is 0 Å². The molecule has 0 aliphatic carbocycles. The Morgan fingerprint density at radius 1 is 1.35 bits per heavy atom. The molecule has 3 rings (SSSR count). The zero-order valence-electron chi connectivity index (χ0n) is 11.6. The van der Waals surface area contributed by atoms with E-state index in [0.29, 0.717) is 10.2 Å². The van der Waals surface area contributed by atoms with Crippen molar-refractivity contribution in [3.8, 4) is 5.69 Å². The Hall–Kier alpha value is -1.73. The number of hydrogen-bond donors (Lipinski definition) is 1. The lowest BCUT2D eigenvalue weighted by Crippen LogP contribution is -2.20. The van der Waals surface area contributed by atoms with Gasteiger partial charge in [-0.25, -0.2) is 4.57 Å². The minimum Gasteiger partial charge on any atom is -0.323 e. The van der Waals surface area contributed by atoms with E-state index in [1.807, 2.05) is 27.8 Å². The zero-order chi connectivity index (χ0) is 14.6. The predicted octanol–water partition coefficient (Wildman–Crippen LogP) is 2.77. The lowest BCUT2D eigenvalue weighted by atomic mass is 10.2. The highest BCUT2D eigenvalue weighted by Crippen LogP contribution is 2.26. The van der Waals surface area contributed by atoms with Crippen molar-refractivity contribution >= 4 is 33.8 Å². The molecule has 3 aromatic heterocycles.